The zero-order chi connectivity index (χ0) is 21.0. The fourth-order valence-corrected chi connectivity index (χ4v) is 3.13. The van der Waals surface area contributed by atoms with Gasteiger partial charge in [-0.05, 0) is 57.9 Å². The lowest BCUT2D eigenvalue weighted by atomic mass is 10.1. The maximum absolute atomic E-state index is 12.5. The number of likely N-dealkylation sites (N-methyl/N-ethyl adjacent to an activating group) is 1. The second-order valence-electron chi connectivity index (χ2n) is 6.38. The first-order chi connectivity index (χ1) is 13.9. The Bertz CT molecular complexity index is 970. The summed E-state index contributed by atoms with van der Waals surface area (Å²) >= 11 is 3.43. The number of ketones is 1. The van der Waals surface area contributed by atoms with Crippen LogP contribution in [-0.2, 0) is 4.79 Å². The molecular formula is C21H20BrNO6. The Morgan fingerprint density at radius 1 is 1.17 bits per heavy atom. The molecule has 0 radical (unpaired) electrons. The number of ether oxygens (including phenoxy) is 4. The SMILES string of the molecule is COc1cc(C=CC(=O)c2ccc3c(c2)OCO3)cc(Br)c1OCC(=O)N(C)C. The van der Waals surface area contributed by atoms with E-state index in [-0.39, 0.29) is 25.1 Å². The van der Waals surface area contributed by atoms with Gasteiger partial charge < -0.3 is 23.8 Å². The predicted molar refractivity (Wildman–Crippen MR) is 111 cm³/mol. The molecule has 2 aromatic carbocycles. The molecule has 0 saturated heterocycles. The van der Waals surface area contributed by atoms with Gasteiger partial charge in [0.25, 0.3) is 5.91 Å². The minimum Gasteiger partial charge on any atom is -0.493 e. The van der Waals surface area contributed by atoms with Crippen LogP contribution in [0.2, 0.25) is 0 Å². The normalized spacial score (nSPS) is 12.1. The first-order valence-corrected chi connectivity index (χ1v) is 9.51. The summed E-state index contributed by atoms with van der Waals surface area (Å²) in [7, 11) is 4.82. The van der Waals surface area contributed by atoms with Gasteiger partial charge >= 0.3 is 0 Å². The zero-order valence-corrected chi connectivity index (χ0v) is 17.8. The van der Waals surface area contributed by atoms with Gasteiger partial charge in [0.1, 0.15) is 0 Å². The minimum atomic E-state index is -0.171. The second-order valence-corrected chi connectivity index (χ2v) is 7.23. The third-order valence-corrected chi connectivity index (χ3v) is 4.76. The van der Waals surface area contributed by atoms with E-state index in [1.165, 1.54) is 18.1 Å². The van der Waals surface area contributed by atoms with E-state index in [1.54, 1.807) is 50.5 Å². The van der Waals surface area contributed by atoms with E-state index < -0.39 is 0 Å². The maximum Gasteiger partial charge on any atom is 0.259 e. The first-order valence-electron chi connectivity index (χ1n) is 8.71. The van der Waals surface area contributed by atoms with E-state index in [4.69, 9.17) is 18.9 Å². The molecule has 7 nitrogen and oxygen atoms in total. The molecule has 152 valence electrons. The van der Waals surface area contributed by atoms with Crippen LogP contribution in [0.25, 0.3) is 6.08 Å². The molecule has 29 heavy (non-hydrogen) atoms. The number of carbonyl (C=O) groups is 2. The van der Waals surface area contributed by atoms with Gasteiger partial charge in [-0.25, -0.2) is 0 Å². The van der Waals surface area contributed by atoms with E-state index in [1.807, 2.05) is 0 Å². The monoisotopic (exact) mass is 461 g/mol. The molecule has 0 N–H and O–H groups in total. The number of amides is 1. The molecule has 0 atom stereocenters. The van der Waals surface area contributed by atoms with Gasteiger partial charge in [0, 0.05) is 19.7 Å². The Labute approximate surface area is 176 Å². The molecule has 0 saturated carbocycles. The Hall–Kier alpha value is -3.00. The highest BCUT2D eigenvalue weighted by molar-refractivity contribution is 9.10. The molecular weight excluding hydrogens is 442 g/mol. The molecule has 0 unspecified atom stereocenters. The Balaban J connectivity index is 1.76. The van der Waals surface area contributed by atoms with E-state index in [0.29, 0.717) is 33.0 Å². The fourth-order valence-electron chi connectivity index (χ4n) is 2.56. The van der Waals surface area contributed by atoms with E-state index in [0.717, 1.165) is 5.56 Å². The molecule has 0 fully saturated rings. The zero-order valence-electron chi connectivity index (χ0n) is 16.2. The minimum absolute atomic E-state index is 0.111. The molecule has 1 aliphatic rings. The third kappa shape index (κ3) is 4.89. The molecule has 0 aromatic heterocycles. The average molecular weight is 462 g/mol. The molecule has 0 spiro atoms. The average Bonchev–Trinajstić information content (AvgIpc) is 3.18. The quantitative estimate of drug-likeness (QED) is 0.463. The number of nitrogens with zero attached hydrogens (tertiary/aromatic N) is 1. The summed E-state index contributed by atoms with van der Waals surface area (Å²) in [5, 5.41) is 0. The van der Waals surface area contributed by atoms with Gasteiger partial charge in [0.2, 0.25) is 6.79 Å². The molecule has 2 aromatic rings. The number of rotatable bonds is 7. The Morgan fingerprint density at radius 2 is 1.93 bits per heavy atom. The smallest absolute Gasteiger partial charge is 0.259 e. The summed E-state index contributed by atoms with van der Waals surface area (Å²) in [5.41, 5.74) is 1.23. The lowest BCUT2D eigenvalue weighted by molar-refractivity contribution is -0.130. The number of hydrogen-bond acceptors (Lipinski definition) is 6. The number of allylic oxidation sites excluding steroid dienone is 1. The van der Waals surface area contributed by atoms with Crippen molar-refractivity contribution >= 4 is 33.7 Å². The lowest BCUT2D eigenvalue weighted by Crippen LogP contribution is -2.27. The van der Waals surface area contributed by atoms with Crippen molar-refractivity contribution in [1.82, 2.24) is 4.90 Å². The third-order valence-electron chi connectivity index (χ3n) is 4.17. The first kappa shape index (κ1) is 20.7. The molecule has 0 bridgehead atoms. The predicted octanol–water partition coefficient (Wildman–Crippen LogP) is 3.55. The van der Waals surface area contributed by atoms with Crippen LogP contribution in [0.1, 0.15) is 15.9 Å². The van der Waals surface area contributed by atoms with E-state index in [9.17, 15) is 9.59 Å². The van der Waals surface area contributed by atoms with Gasteiger partial charge in [0.05, 0.1) is 11.6 Å². The molecule has 0 aliphatic carbocycles. The summed E-state index contributed by atoms with van der Waals surface area (Å²) in [6, 6.07) is 8.56. The summed E-state index contributed by atoms with van der Waals surface area (Å²) in [4.78, 5) is 25.7. The van der Waals surface area contributed by atoms with Crippen LogP contribution in [-0.4, -0.2) is 51.2 Å². The van der Waals surface area contributed by atoms with Crippen molar-refractivity contribution in [3.8, 4) is 23.0 Å². The topological polar surface area (TPSA) is 74.3 Å². The summed E-state index contributed by atoms with van der Waals surface area (Å²) in [6.07, 6.45) is 3.14. The van der Waals surface area contributed by atoms with Crippen molar-refractivity contribution in [3.63, 3.8) is 0 Å². The van der Waals surface area contributed by atoms with Crippen molar-refractivity contribution < 1.29 is 28.5 Å². The standard InChI is InChI=1S/C21H20BrNO6/c1-23(2)20(25)11-27-21-15(22)8-13(9-19(21)26-3)4-6-16(24)14-5-7-17-18(10-14)29-12-28-17/h4-10H,11-12H2,1-3H3. The van der Waals surface area contributed by atoms with Gasteiger partial charge in [-0.1, -0.05) is 6.08 Å². The van der Waals surface area contributed by atoms with Gasteiger partial charge in [-0.2, -0.15) is 0 Å². The summed E-state index contributed by atoms with van der Waals surface area (Å²) in [6.45, 7) is 0.0466. The summed E-state index contributed by atoms with van der Waals surface area (Å²) in [5.74, 6) is 1.71. The molecule has 3 rings (SSSR count). The van der Waals surface area contributed by atoms with Crippen molar-refractivity contribution in [3.05, 3.63) is 52.0 Å². The largest absolute Gasteiger partial charge is 0.493 e. The number of methoxy groups -OCH3 is 1. The second kappa shape index (κ2) is 9.00. The van der Waals surface area contributed by atoms with Crippen LogP contribution in [0.4, 0.5) is 0 Å². The number of carbonyl (C=O) groups excluding carboxylic acids is 2. The lowest BCUT2D eigenvalue weighted by Gasteiger charge is -2.15. The van der Waals surface area contributed by atoms with Crippen LogP contribution in [0, 0.1) is 0 Å². The molecule has 8 heteroatoms. The van der Waals surface area contributed by atoms with Crippen molar-refractivity contribution in [1.29, 1.82) is 0 Å². The molecule has 1 heterocycles. The molecule has 1 aliphatic heterocycles. The van der Waals surface area contributed by atoms with Crippen LogP contribution in [0.5, 0.6) is 23.0 Å². The number of halogens is 1. The van der Waals surface area contributed by atoms with Crippen LogP contribution < -0.4 is 18.9 Å². The maximum atomic E-state index is 12.5. The van der Waals surface area contributed by atoms with Crippen LogP contribution in [0.15, 0.2) is 40.9 Å². The Kier molecular flexibility index (Phi) is 6.43. The van der Waals surface area contributed by atoms with Gasteiger partial charge in [-0.15, -0.1) is 0 Å². The van der Waals surface area contributed by atoms with Crippen molar-refractivity contribution in [2.75, 3.05) is 34.6 Å². The van der Waals surface area contributed by atoms with Gasteiger partial charge in [-0.3, -0.25) is 9.59 Å². The molecule has 1 amide bonds. The van der Waals surface area contributed by atoms with Crippen LogP contribution in [0.3, 0.4) is 0 Å². The highest BCUT2D eigenvalue weighted by Crippen LogP contribution is 2.37. The summed E-state index contributed by atoms with van der Waals surface area (Å²) < 4.78 is 22.1. The van der Waals surface area contributed by atoms with Gasteiger partial charge in [0.15, 0.2) is 35.4 Å². The number of benzene rings is 2. The number of hydrogen-bond donors (Lipinski definition) is 0. The van der Waals surface area contributed by atoms with Crippen LogP contribution >= 0.6 is 15.9 Å². The fraction of sp³-hybridized carbons (Fsp3) is 0.238. The highest BCUT2D eigenvalue weighted by atomic mass is 79.9. The Morgan fingerprint density at radius 3 is 2.66 bits per heavy atom. The van der Waals surface area contributed by atoms with Crippen molar-refractivity contribution in [2.24, 2.45) is 0 Å². The van der Waals surface area contributed by atoms with Crippen molar-refractivity contribution in [2.45, 2.75) is 0 Å². The van der Waals surface area contributed by atoms with E-state index >= 15 is 0 Å². The van der Waals surface area contributed by atoms with E-state index in [2.05, 4.69) is 15.9 Å². The number of fused-ring (bicyclic) bond motifs is 1. The highest BCUT2D eigenvalue weighted by Gasteiger charge is 2.16.